The van der Waals surface area contributed by atoms with Crippen molar-refractivity contribution >= 4 is 17.7 Å². The van der Waals surface area contributed by atoms with Crippen molar-refractivity contribution in [1.29, 1.82) is 0 Å². The Balaban J connectivity index is 2.67. The predicted octanol–water partition coefficient (Wildman–Crippen LogP) is 1.34. The number of hydrogen-bond donors (Lipinski definition) is 1. The zero-order valence-corrected chi connectivity index (χ0v) is 8.49. The molecule has 1 aliphatic heterocycles. The number of amides is 1. The first-order chi connectivity index (χ1) is 5.54. The molecule has 70 valence electrons. The number of hydrogen-bond acceptors (Lipinski definition) is 3. The molecule has 1 rings (SSSR count). The first kappa shape index (κ1) is 9.86. The van der Waals surface area contributed by atoms with Crippen LogP contribution in [0, 0.1) is 0 Å². The number of hydrazine groups is 1. The Morgan fingerprint density at radius 1 is 1.50 bits per heavy atom. The Hall–Kier alpha value is -0.220. The van der Waals surface area contributed by atoms with Crippen LogP contribution >= 0.6 is 11.8 Å². The fourth-order valence-corrected chi connectivity index (χ4v) is 2.28. The van der Waals surface area contributed by atoms with E-state index in [1.54, 1.807) is 11.8 Å². The molecule has 1 aliphatic rings. The van der Waals surface area contributed by atoms with Gasteiger partial charge in [-0.2, -0.15) is 0 Å². The van der Waals surface area contributed by atoms with Crippen molar-refractivity contribution in [3.05, 3.63) is 0 Å². The van der Waals surface area contributed by atoms with E-state index in [-0.39, 0.29) is 10.8 Å². The van der Waals surface area contributed by atoms with E-state index in [0.29, 0.717) is 6.42 Å². The lowest BCUT2D eigenvalue weighted by Gasteiger charge is -2.35. The van der Waals surface area contributed by atoms with E-state index in [4.69, 9.17) is 5.84 Å². The first-order valence-corrected chi connectivity index (χ1v) is 5.24. The summed E-state index contributed by atoms with van der Waals surface area (Å²) in [6.07, 6.45) is 2.68. The molecule has 1 heterocycles. The second-order valence-electron chi connectivity index (χ2n) is 3.52. The van der Waals surface area contributed by atoms with Crippen molar-refractivity contribution in [2.75, 3.05) is 5.75 Å². The van der Waals surface area contributed by atoms with Gasteiger partial charge in [0.2, 0.25) is 5.91 Å². The Morgan fingerprint density at radius 3 is 2.83 bits per heavy atom. The predicted molar refractivity (Wildman–Crippen MR) is 51.4 cm³/mol. The van der Waals surface area contributed by atoms with Gasteiger partial charge in [-0.05, 0) is 32.4 Å². The molecule has 0 unspecified atom stereocenters. The highest BCUT2D eigenvalue weighted by Crippen LogP contribution is 2.29. The number of nitrogens with two attached hydrogens (primary N) is 1. The van der Waals surface area contributed by atoms with Crippen molar-refractivity contribution in [3.8, 4) is 0 Å². The highest BCUT2D eigenvalue weighted by atomic mass is 32.2. The summed E-state index contributed by atoms with van der Waals surface area (Å²) in [5, 5.41) is 1.37. The molecule has 0 saturated carbocycles. The third-order valence-electron chi connectivity index (χ3n) is 2.09. The molecule has 0 aromatic carbocycles. The number of nitrogens with zero attached hydrogens (tertiary/aromatic N) is 1. The molecule has 0 aliphatic carbocycles. The van der Waals surface area contributed by atoms with Crippen LogP contribution in [-0.4, -0.2) is 21.5 Å². The third-order valence-corrected chi connectivity index (χ3v) is 3.49. The maximum Gasteiger partial charge on any atom is 0.237 e. The molecule has 0 atom stereocenters. The largest absolute Gasteiger partial charge is 0.273 e. The van der Waals surface area contributed by atoms with Gasteiger partial charge in [0.25, 0.3) is 0 Å². The van der Waals surface area contributed by atoms with Crippen LogP contribution in [0.3, 0.4) is 0 Å². The lowest BCUT2D eigenvalue weighted by molar-refractivity contribution is -0.134. The SMILES string of the molecule is CC1(C)SCCCCC(=O)N1N. The van der Waals surface area contributed by atoms with Gasteiger partial charge >= 0.3 is 0 Å². The Kier molecular flexibility index (Phi) is 3.01. The molecule has 0 aromatic rings. The van der Waals surface area contributed by atoms with Gasteiger partial charge in [-0.15, -0.1) is 11.8 Å². The standard InChI is InChI=1S/C8H16N2OS/c1-8(2)10(9)7(11)5-3-4-6-12-8/h3-6,9H2,1-2H3. The van der Waals surface area contributed by atoms with Crippen LogP contribution in [0.15, 0.2) is 0 Å². The number of thioether (sulfide) groups is 1. The van der Waals surface area contributed by atoms with E-state index < -0.39 is 0 Å². The van der Waals surface area contributed by atoms with Gasteiger partial charge in [0.05, 0.1) is 4.87 Å². The van der Waals surface area contributed by atoms with Gasteiger partial charge in [0.1, 0.15) is 0 Å². The molecular formula is C8H16N2OS. The molecule has 1 fully saturated rings. The quantitative estimate of drug-likeness (QED) is 0.461. The molecule has 0 radical (unpaired) electrons. The van der Waals surface area contributed by atoms with Gasteiger partial charge in [-0.1, -0.05) is 0 Å². The molecule has 12 heavy (non-hydrogen) atoms. The maximum absolute atomic E-state index is 11.4. The summed E-state index contributed by atoms with van der Waals surface area (Å²) in [7, 11) is 0. The van der Waals surface area contributed by atoms with Gasteiger partial charge < -0.3 is 0 Å². The van der Waals surface area contributed by atoms with Crippen LogP contribution in [0.2, 0.25) is 0 Å². The summed E-state index contributed by atoms with van der Waals surface area (Å²) < 4.78 is 0. The molecule has 0 aromatic heterocycles. The second kappa shape index (κ2) is 3.66. The zero-order valence-electron chi connectivity index (χ0n) is 7.67. The summed E-state index contributed by atoms with van der Waals surface area (Å²) in [5.41, 5.74) is 0. The summed E-state index contributed by atoms with van der Waals surface area (Å²) in [5.74, 6) is 6.84. The van der Waals surface area contributed by atoms with Crippen molar-refractivity contribution in [3.63, 3.8) is 0 Å². The van der Waals surface area contributed by atoms with Crippen molar-refractivity contribution in [2.45, 2.75) is 38.0 Å². The van der Waals surface area contributed by atoms with Crippen molar-refractivity contribution in [2.24, 2.45) is 5.84 Å². The smallest absolute Gasteiger partial charge is 0.237 e. The van der Waals surface area contributed by atoms with Crippen LogP contribution in [0.4, 0.5) is 0 Å². The van der Waals surface area contributed by atoms with Gasteiger partial charge in [-0.3, -0.25) is 9.80 Å². The van der Waals surface area contributed by atoms with Crippen molar-refractivity contribution < 1.29 is 4.79 Å². The lowest BCUT2D eigenvalue weighted by Crippen LogP contribution is -2.51. The number of carbonyl (C=O) groups is 1. The van der Waals surface area contributed by atoms with Crippen LogP contribution in [0.1, 0.15) is 33.1 Å². The topological polar surface area (TPSA) is 46.3 Å². The van der Waals surface area contributed by atoms with Crippen molar-refractivity contribution in [1.82, 2.24) is 5.01 Å². The lowest BCUT2D eigenvalue weighted by atomic mass is 10.2. The van der Waals surface area contributed by atoms with E-state index in [2.05, 4.69) is 0 Å². The first-order valence-electron chi connectivity index (χ1n) is 4.26. The van der Waals surface area contributed by atoms with E-state index in [9.17, 15) is 4.79 Å². The second-order valence-corrected chi connectivity index (χ2v) is 5.21. The Morgan fingerprint density at radius 2 is 2.17 bits per heavy atom. The Labute approximate surface area is 77.6 Å². The summed E-state index contributed by atoms with van der Waals surface area (Å²) >= 11 is 1.75. The van der Waals surface area contributed by atoms with E-state index >= 15 is 0 Å². The number of rotatable bonds is 0. The molecule has 2 N–H and O–H groups in total. The zero-order chi connectivity index (χ0) is 9.19. The minimum Gasteiger partial charge on any atom is -0.273 e. The average Bonchev–Trinajstić information content (AvgIpc) is 2.00. The summed E-state index contributed by atoms with van der Waals surface area (Å²) in [4.78, 5) is 11.1. The molecule has 0 spiro atoms. The van der Waals surface area contributed by atoms with Crippen LogP contribution in [0.5, 0.6) is 0 Å². The van der Waals surface area contributed by atoms with Crippen LogP contribution in [0.25, 0.3) is 0 Å². The van der Waals surface area contributed by atoms with E-state index in [0.717, 1.165) is 18.6 Å². The van der Waals surface area contributed by atoms with E-state index in [1.807, 2.05) is 13.8 Å². The minimum absolute atomic E-state index is 0.0622. The van der Waals surface area contributed by atoms with Gasteiger partial charge in [0.15, 0.2) is 0 Å². The third kappa shape index (κ3) is 2.14. The van der Waals surface area contributed by atoms with Gasteiger partial charge in [-0.25, -0.2) is 5.84 Å². The molecule has 4 heteroatoms. The summed E-state index contributed by atoms with van der Waals surface area (Å²) in [6.45, 7) is 3.97. The molecule has 1 saturated heterocycles. The average molecular weight is 188 g/mol. The van der Waals surface area contributed by atoms with Crippen LogP contribution < -0.4 is 5.84 Å². The molecule has 3 nitrogen and oxygen atoms in total. The minimum atomic E-state index is -0.239. The molecule has 0 bridgehead atoms. The van der Waals surface area contributed by atoms with E-state index in [1.165, 1.54) is 5.01 Å². The highest BCUT2D eigenvalue weighted by molar-refractivity contribution is 8.00. The van der Waals surface area contributed by atoms with Gasteiger partial charge in [0, 0.05) is 6.42 Å². The maximum atomic E-state index is 11.4. The Bertz CT molecular complexity index is 182. The monoisotopic (exact) mass is 188 g/mol. The van der Waals surface area contributed by atoms with Crippen LogP contribution in [-0.2, 0) is 4.79 Å². The number of carbonyl (C=O) groups excluding carboxylic acids is 1. The molecule has 1 amide bonds. The highest BCUT2D eigenvalue weighted by Gasteiger charge is 2.29. The fraction of sp³-hybridized carbons (Fsp3) is 0.875. The summed E-state index contributed by atoms with van der Waals surface area (Å²) in [6, 6.07) is 0. The normalized spacial score (nSPS) is 24.9. The fourth-order valence-electron chi connectivity index (χ4n) is 1.19. The molecular weight excluding hydrogens is 172 g/mol.